The Morgan fingerprint density at radius 3 is 2.53 bits per heavy atom. The number of benzene rings is 1. The average Bonchev–Trinajstić information content (AvgIpc) is 3.43. The second-order valence-corrected chi connectivity index (χ2v) is 9.80. The van der Waals surface area contributed by atoms with E-state index in [0.717, 1.165) is 81.8 Å². The molecular weight excluding hydrogens is 456 g/mol. The summed E-state index contributed by atoms with van der Waals surface area (Å²) in [5.41, 5.74) is 2.09. The Labute approximate surface area is 214 Å². The normalized spacial score (nSPS) is 16.3. The van der Waals surface area contributed by atoms with Crippen LogP contribution in [0, 0.1) is 5.92 Å². The van der Waals surface area contributed by atoms with Crippen LogP contribution < -0.4 is 9.47 Å². The van der Waals surface area contributed by atoms with Gasteiger partial charge in [0.2, 0.25) is 11.8 Å². The minimum absolute atomic E-state index is 0.150. The van der Waals surface area contributed by atoms with Crippen molar-refractivity contribution in [2.24, 2.45) is 5.92 Å². The number of amides is 2. The predicted octanol–water partition coefficient (Wildman–Crippen LogP) is 3.66. The van der Waals surface area contributed by atoms with Crippen molar-refractivity contribution in [1.82, 2.24) is 19.8 Å². The van der Waals surface area contributed by atoms with Gasteiger partial charge >= 0.3 is 0 Å². The molecule has 8 nitrogen and oxygen atoms in total. The van der Waals surface area contributed by atoms with Crippen LogP contribution in [0.15, 0.2) is 30.5 Å². The molecule has 1 aromatic heterocycles. The van der Waals surface area contributed by atoms with Gasteiger partial charge in [0.15, 0.2) is 11.5 Å². The van der Waals surface area contributed by atoms with Crippen molar-refractivity contribution in [3.05, 3.63) is 47.5 Å². The van der Waals surface area contributed by atoms with Crippen molar-refractivity contribution in [3.63, 3.8) is 0 Å². The van der Waals surface area contributed by atoms with Gasteiger partial charge in [0, 0.05) is 51.4 Å². The molecule has 0 aliphatic carbocycles. The highest BCUT2D eigenvalue weighted by Crippen LogP contribution is 2.29. The molecule has 0 N–H and O–H groups in total. The molecule has 2 aliphatic rings. The van der Waals surface area contributed by atoms with Gasteiger partial charge in [-0.25, -0.2) is 9.97 Å². The number of aromatic nitrogens is 2. The molecule has 0 spiro atoms. The van der Waals surface area contributed by atoms with Crippen LogP contribution in [0.25, 0.3) is 0 Å². The molecule has 2 aromatic rings. The molecule has 2 saturated heterocycles. The monoisotopic (exact) mass is 494 g/mol. The molecule has 0 unspecified atom stereocenters. The van der Waals surface area contributed by atoms with Crippen molar-refractivity contribution in [2.75, 3.05) is 39.9 Å². The van der Waals surface area contributed by atoms with Crippen LogP contribution in [-0.2, 0) is 22.4 Å². The molecule has 0 saturated carbocycles. The van der Waals surface area contributed by atoms with Crippen LogP contribution in [0.1, 0.15) is 62.5 Å². The van der Waals surface area contributed by atoms with Crippen LogP contribution in [0.4, 0.5) is 0 Å². The maximum atomic E-state index is 12.3. The smallest absolute Gasteiger partial charge is 0.225 e. The SMILES string of the molecule is COc1ccc(Cc2nccc(CCC3CCN(C(C)=O)CC3)n2)cc1OCCC(=O)N1CCCC1. The third-order valence-electron chi connectivity index (χ3n) is 7.25. The summed E-state index contributed by atoms with van der Waals surface area (Å²) >= 11 is 0. The first-order chi connectivity index (χ1) is 17.5. The number of nitrogens with zero attached hydrogens (tertiary/aromatic N) is 4. The first-order valence-electron chi connectivity index (χ1n) is 13.2. The third-order valence-corrected chi connectivity index (χ3v) is 7.25. The molecule has 4 rings (SSSR count). The van der Waals surface area contributed by atoms with E-state index in [1.54, 1.807) is 14.0 Å². The van der Waals surface area contributed by atoms with Gasteiger partial charge in [-0.05, 0) is 68.2 Å². The van der Waals surface area contributed by atoms with Crippen molar-refractivity contribution >= 4 is 11.8 Å². The fraction of sp³-hybridized carbons (Fsp3) is 0.571. The standard InChI is InChI=1S/C28H38N4O4/c1-21(33)31-16-10-22(11-17-31)5-7-24-9-13-29-27(30-24)20-23-6-8-25(35-2)26(19-23)36-18-12-28(34)32-14-3-4-15-32/h6,8-9,13,19,22H,3-5,7,10-12,14-18,20H2,1-2H3. The van der Waals surface area contributed by atoms with E-state index in [1.807, 2.05) is 40.3 Å². The summed E-state index contributed by atoms with van der Waals surface area (Å²) in [5.74, 6) is 3.03. The van der Waals surface area contributed by atoms with Gasteiger partial charge in [-0.2, -0.15) is 0 Å². The summed E-state index contributed by atoms with van der Waals surface area (Å²) in [5, 5.41) is 0. The molecule has 8 heteroatoms. The highest BCUT2D eigenvalue weighted by molar-refractivity contribution is 5.76. The lowest BCUT2D eigenvalue weighted by Crippen LogP contribution is -2.37. The number of ether oxygens (including phenoxy) is 2. The Bertz CT molecular complexity index is 1030. The largest absolute Gasteiger partial charge is 0.493 e. The highest BCUT2D eigenvalue weighted by atomic mass is 16.5. The van der Waals surface area contributed by atoms with E-state index in [-0.39, 0.29) is 11.8 Å². The summed E-state index contributed by atoms with van der Waals surface area (Å²) in [6.07, 6.45) is 9.11. The van der Waals surface area contributed by atoms with Gasteiger partial charge in [0.1, 0.15) is 5.82 Å². The van der Waals surface area contributed by atoms with E-state index >= 15 is 0 Å². The summed E-state index contributed by atoms with van der Waals surface area (Å²) < 4.78 is 11.4. The van der Waals surface area contributed by atoms with E-state index in [9.17, 15) is 9.59 Å². The number of carbonyl (C=O) groups excluding carboxylic acids is 2. The van der Waals surface area contributed by atoms with E-state index in [2.05, 4.69) is 4.98 Å². The maximum absolute atomic E-state index is 12.3. The van der Waals surface area contributed by atoms with E-state index in [4.69, 9.17) is 14.5 Å². The molecule has 1 aromatic carbocycles. The highest BCUT2D eigenvalue weighted by Gasteiger charge is 2.21. The zero-order chi connectivity index (χ0) is 25.3. The van der Waals surface area contributed by atoms with Crippen LogP contribution in [-0.4, -0.2) is 71.5 Å². The second-order valence-electron chi connectivity index (χ2n) is 9.80. The molecule has 36 heavy (non-hydrogen) atoms. The molecule has 2 aliphatic heterocycles. The van der Waals surface area contributed by atoms with Gasteiger partial charge in [-0.3, -0.25) is 9.59 Å². The van der Waals surface area contributed by atoms with Crippen molar-refractivity contribution < 1.29 is 19.1 Å². The molecule has 2 amide bonds. The zero-order valence-electron chi connectivity index (χ0n) is 21.6. The molecule has 2 fully saturated rings. The van der Waals surface area contributed by atoms with Gasteiger partial charge < -0.3 is 19.3 Å². The first kappa shape index (κ1) is 25.9. The van der Waals surface area contributed by atoms with Crippen molar-refractivity contribution in [1.29, 1.82) is 0 Å². The quantitative estimate of drug-likeness (QED) is 0.501. The van der Waals surface area contributed by atoms with Crippen LogP contribution in [0.3, 0.4) is 0 Å². The maximum Gasteiger partial charge on any atom is 0.225 e. The fourth-order valence-corrected chi connectivity index (χ4v) is 5.05. The molecule has 3 heterocycles. The minimum atomic E-state index is 0.150. The lowest BCUT2D eigenvalue weighted by molar-refractivity contribution is -0.131. The Balaban J connectivity index is 1.30. The molecule has 0 radical (unpaired) electrons. The van der Waals surface area contributed by atoms with Crippen LogP contribution >= 0.6 is 0 Å². The Kier molecular flexibility index (Phi) is 9.14. The number of aryl methyl sites for hydroxylation is 1. The summed E-state index contributed by atoms with van der Waals surface area (Å²) in [6.45, 7) is 5.42. The first-order valence-corrected chi connectivity index (χ1v) is 13.2. The van der Waals surface area contributed by atoms with Crippen molar-refractivity contribution in [3.8, 4) is 11.5 Å². The lowest BCUT2D eigenvalue weighted by atomic mass is 9.91. The van der Waals surface area contributed by atoms with Gasteiger partial charge in [0.25, 0.3) is 0 Å². The average molecular weight is 495 g/mol. The van der Waals surface area contributed by atoms with Gasteiger partial charge in [-0.15, -0.1) is 0 Å². The Hall–Kier alpha value is -3.16. The number of likely N-dealkylation sites (tertiary alicyclic amines) is 2. The summed E-state index contributed by atoms with van der Waals surface area (Å²) in [4.78, 5) is 37.0. The topological polar surface area (TPSA) is 84.9 Å². The number of piperidine rings is 1. The van der Waals surface area contributed by atoms with Gasteiger partial charge in [-0.1, -0.05) is 6.07 Å². The lowest BCUT2D eigenvalue weighted by Gasteiger charge is -2.31. The number of hydrogen-bond acceptors (Lipinski definition) is 6. The number of hydrogen-bond donors (Lipinski definition) is 0. The fourth-order valence-electron chi connectivity index (χ4n) is 5.05. The van der Waals surface area contributed by atoms with E-state index in [0.29, 0.717) is 36.9 Å². The summed E-state index contributed by atoms with van der Waals surface area (Å²) in [6, 6.07) is 7.84. The van der Waals surface area contributed by atoms with Crippen molar-refractivity contribution in [2.45, 2.75) is 58.3 Å². The van der Waals surface area contributed by atoms with E-state index < -0.39 is 0 Å². The second kappa shape index (κ2) is 12.7. The third kappa shape index (κ3) is 7.18. The zero-order valence-corrected chi connectivity index (χ0v) is 21.6. The van der Waals surface area contributed by atoms with Gasteiger partial charge in [0.05, 0.1) is 20.1 Å². The number of methoxy groups -OCH3 is 1. The van der Waals surface area contributed by atoms with E-state index in [1.165, 1.54) is 0 Å². The molecular formula is C28H38N4O4. The number of rotatable bonds is 10. The molecule has 194 valence electrons. The van der Waals surface area contributed by atoms with Crippen LogP contribution in [0.5, 0.6) is 11.5 Å². The molecule has 0 bridgehead atoms. The molecule has 0 atom stereocenters. The summed E-state index contributed by atoms with van der Waals surface area (Å²) in [7, 11) is 1.62. The predicted molar refractivity (Wildman–Crippen MR) is 137 cm³/mol. The minimum Gasteiger partial charge on any atom is -0.493 e. The Morgan fingerprint density at radius 1 is 1.03 bits per heavy atom. The number of carbonyl (C=O) groups is 2. The van der Waals surface area contributed by atoms with Crippen LogP contribution in [0.2, 0.25) is 0 Å². The Morgan fingerprint density at radius 2 is 1.81 bits per heavy atom.